The Labute approximate surface area is 127 Å². The number of benzene rings is 1. The Balaban J connectivity index is 1.98. The van der Waals surface area contributed by atoms with Gasteiger partial charge in [0, 0.05) is 21.9 Å². The lowest BCUT2D eigenvalue weighted by Gasteiger charge is -2.07. The summed E-state index contributed by atoms with van der Waals surface area (Å²) in [4.78, 5) is 2.36. The summed E-state index contributed by atoms with van der Waals surface area (Å²) in [5.74, 6) is -1.87. The lowest BCUT2D eigenvalue weighted by Crippen LogP contribution is -2.12. The molecule has 2 nitrogen and oxygen atoms in total. The highest BCUT2D eigenvalue weighted by Crippen LogP contribution is 2.25. The molecule has 0 saturated carbocycles. The average Bonchev–Trinajstić information content (AvgIpc) is 2.81. The van der Waals surface area contributed by atoms with Crippen LogP contribution in [0, 0.1) is 18.6 Å². The van der Waals surface area contributed by atoms with Gasteiger partial charge in [0.25, 0.3) is 0 Å². The zero-order chi connectivity index (χ0) is 15.2. The number of halogens is 2. The summed E-state index contributed by atoms with van der Waals surface area (Å²) in [5.41, 5.74) is 1.01. The first-order chi connectivity index (χ1) is 10.1. The highest BCUT2D eigenvalue weighted by atomic mass is 32.1. The Hall–Kier alpha value is -1.46. The van der Waals surface area contributed by atoms with E-state index in [1.165, 1.54) is 17.0 Å². The molecule has 1 aromatic carbocycles. The lowest BCUT2D eigenvalue weighted by atomic mass is 10.2. The minimum Gasteiger partial charge on any atom is -0.486 e. The van der Waals surface area contributed by atoms with E-state index in [9.17, 15) is 8.78 Å². The second-order valence-corrected chi connectivity index (χ2v) is 6.15. The van der Waals surface area contributed by atoms with Crippen LogP contribution in [0.2, 0.25) is 0 Å². The van der Waals surface area contributed by atoms with Crippen molar-refractivity contribution in [3.63, 3.8) is 0 Å². The van der Waals surface area contributed by atoms with Crippen LogP contribution < -0.4 is 10.1 Å². The van der Waals surface area contributed by atoms with Crippen molar-refractivity contribution in [2.24, 2.45) is 0 Å². The zero-order valence-corrected chi connectivity index (χ0v) is 13.0. The van der Waals surface area contributed by atoms with E-state index in [1.54, 1.807) is 11.3 Å². The van der Waals surface area contributed by atoms with Crippen molar-refractivity contribution in [1.82, 2.24) is 5.32 Å². The molecular formula is C16H19F2NOS. The number of thiophene rings is 1. The van der Waals surface area contributed by atoms with Crippen LogP contribution in [0.1, 0.15) is 28.7 Å². The molecular weight excluding hydrogens is 292 g/mol. The maximum atomic E-state index is 13.5. The second-order valence-electron chi connectivity index (χ2n) is 4.81. The normalized spacial score (nSPS) is 10.9. The van der Waals surface area contributed by atoms with Gasteiger partial charge in [-0.3, -0.25) is 0 Å². The first-order valence-electron chi connectivity index (χ1n) is 6.97. The topological polar surface area (TPSA) is 21.3 Å². The third-order valence-electron chi connectivity index (χ3n) is 3.10. The summed E-state index contributed by atoms with van der Waals surface area (Å²) in [6, 6.07) is 6.01. The van der Waals surface area contributed by atoms with E-state index < -0.39 is 11.6 Å². The minimum atomic E-state index is -0.935. The maximum Gasteiger partial charge on any atom is 0.200 e. The van der Waals surface area contributed by atoms with Gasteiger partial charge in [-0.25, -0.2) is 4.39 Å². The number of hydrogen-bond acceptors (Lipinski definition) is 3. The summed E-state index contributed by atoms with van der Waals surface area (Å²) in [6.07, 6.45) is 1.10. The maximum absolute atomic E-state index is 13.5. The van der Waals surface area contributed by atoms with Crippen LogP contribution in [0.15, 0.2) is 24.3 Å². The molecule has 0 radical (unpaired) electrons. The van der Waals surface area contributed by atoms with Gasteiger partial charge < -0.3 is 10.1 Å². The summed E-state index contributed by atoms with van der Waals surface area (Å²) in [6.45, 7) is 6.19. The first-order valence-corrected chi connectivity index (χ1v) is 7.79. The van der Waals surface area contributed by atoms with Crippen LogP contribution in [-0.4, -0.2) is 6.54 Å². The van der Waals surface area contributed by atoms with Crippen LogP contribution >= 0.6 is 11.3 Å². The van der Waals surface area contributed by atoms with Crippen LogP contribution in [0.5, 0.6) is 5.75 Å². The largest absolute Gasteiger partial charge is 0.486 e. The van der Waals surface area contributed by atoms with Gasteiger partial charge in [-0.05, 0) is 38.1 Å². The quantitative estimate of drug-likeness (QED) is 0.765. The predicted molar refractivity (Wildman–Crippen MR) is 81.7 cm³/mol. The van der Waals surface area contributed by atoms with Crippen LogP contribution in [0.25, 0.3) is 0 Å². The van der Waals surface area contributed by atoms with Crippen molar-refractivity contribution >= 4 is 11.3 Å². The Morgan fingerprint density at radius 3 is 2.86 bits per heavy atom. The molecule has 0 aliphatic carbocycles. The average molecular weight is 311 g/mol. The van der Waals surface area contributed by atoms with Crippen LogP contribution in [0.3, 0.4) is 0 Å². The lowest BCUT2D eigenvalue weighted by molar-refractivity contribution is 0.284. The van der Waals surface area contributed by atoms with Gasteiger partial charge in [0.1, 0.15) is 6.61 Å². The van der Waals surface area contributed by atoms with Crippen LogP contribution in [0.4, 0.5) is 8.78 Å². The molecule has 0 bridgehead atoms. The predicted octanol–water partition coefficient (Wildman–Crippen LogP) is 4.41. The molecule has 2 rings (SSSR count). The highest BCUT2D eigenvalue weighted by molar-refractivity contribution is 7.12. The molecule has 0 unspecified atom stereocenters. The van der Waals surface area contributed by atoms with Crippen LogP contribution in [-0.2, 0) is 13.2 Å². The van der Waals surface area contributed by atoms with Gasteiger partial charge in [0.05, 0.1) is 0 Å². The molecule has 5 heteroatoms. The Kier molecular flexibility index (Phi) is 5.70. The van der Waals surface area contributed by atoms with Crippen molar-refractivity contribution < 1.29 is 13.5 Å². The van der Waals surface area contributed by atoms with Crippen molar-refractivity contribution in [2.45, 2.75) is 33.4 Å². The molecule has 21 heavy (non-hydrogen) atoms. The molecule has 0 aliphatic heterocycles. The molecule has 0 atom stereocenters. The molecule has 1 N–H and O–H groups in total. The molecule has 0 spiro atoms. The fraction of sp³-hybridized carbons (Fsp3) is 0.375. The molecule has 0 saturated heterocycles. The standard InChI is InChI=1S/C16H19F2NOS/c1-3-7-19-9-13-8-12(11(2)21-13)10-20-15-6-4-5-14(17)16(15)18/h4-6,8,19H,3,7,9-10H2,1-2H3. The zero-order valence-electron chi connectivity index (χ0n) is 12.2. The highest BCUT2D eigenvalue weighted by Gasteiger charge is 2.11. The van der Waals surface area contributed by atoms with Gasteiger partial charge in [-0.1, -0.05) is 13.0 Å². The summed E-state index contributed by atoms with van der Waals surface area (Å²) < 4.78 is 32.0. The minimum absolute atomic E-state index is 0.0498. The molecule has 1 heterocycles. The van der Waals surface area contributed by atoms with Gasteiger partial charge in [-0.15, -0.1) is 11.3 Å². The Morgan fingerprint density at radius 2 is 2.10 bits per heavy atom. The number of aryl methyl sites for hydroxylation is 1. The van der Waals surface area contributed by atoms with Gasteiger partial charge >= 0.3 is 0 Å². The molecule has 114 valence electrons. The van der Waals surface area contributed by atoms with E-state index in [4.69, 9.17) is 4.74 Å². The van der Waals surface area contributed by atoms with E-state index >= 15 is 0 Å². The van der Waals surface area contributed by atoms with Crippen molar-refractivity contribution in [3.05, 3.63) is 51.2 Å². The Bertz CT molecular complexity index is 598. The monoisotopic (exact) mass is 311 g/mol. The van der Waals surface area contributed by atoms with Crippen molar-refractivity contribution in [3.8, 4) is 5.75 Å². The van der Waals surface area contributed by atoms with Gasteiger partial charge in [-0.2, -0.15) is 4.39 Å². The SMILES string of the molecule is CCCNCc1cc(COc2cccc(F)c2F)c(C)s1. The number of rotatable bonds is 7. The van der Waals surface area contributed by atoms with E-state index in [1.807, 2.05) is 6.92 Å². The third-order valence-corrected chi connectivity index (χ3v) is 4.19. The molecule has 0 amide bonds. The third kappa shape index (κ3) is 4.25. The fourth-order valence-electron chi connectivity index (χ4n) is 1.96. The van der Waals surface area contributed by atoms with E-state index in [0.29, 0.717) is 0 Å². The molecule has 2 aromatic rings. The van der Waals surface area contributed by atoms with Gasteiger partial charge in [0.2, 0.25) is 5.82 Å². The molecule has 0 aliphatic rings. The van der Waals surface area contributed by atoms with Crippen molar-refractivity contribution in [1.29, 1.82) is 0 Å². The first kappa shape index (κ1) is 15.9. The number of hydrogen-bond donors (Lipinski definition) is 1. The number of ether oxygens (including phenoxy) is 1. The van der Waals surface area contributed by atoms with Crippen molar-refractivity contribution in [2.75, 3.05) is 6.54 Å². The molecule has 0 fully saturated rings. The summed E-state index contributed by atoms with van der Waals surface area (Å²) >= 11 is 1.70. The molecule has 1 aromatic heterocycles. The van der Waals surface area contributed by atoms with E-state index in [-0.39, 0.29) is 12.4 Å². The number of nitrogens with one attached hydrogen (secondary N) is 1. The smallest absolute Gasteiger partial charge is 0.200 e. The van der Waals surface area contributed by atoms with Gasteiger partial charge in [0.15, 0.2) is 11.6 Å². The fourth-order valence-corrected chi connectivity index (χ4v) is 2.98. The second kappa shape index (κ2) is 7.52. The van der Waals surface area contributed by atoms with E-state index in [2.05, 4.69) is 18.3 Å². The Morgan fingerprint density at radius 1 is 1.29 bits per heavy atom. The van der Waals surface area contributed by atoms with E-state index in [0.717, 1.165) is 36.0 Å². The summed E-state index contributed by atoms with van der Waals surface area (Å²) in [7, 11) is 0. The summed E-state index contributed by atoms with van der Waals surface area (Å²) in [5, 5.41) is 3.34.